The van der Waals surface area contributed by atoms with Gasteiger partial charge in [0.2, 0.25) is 5.91 Å². The van der Waals surface area contributed by atoms with Gasteiger partial charge in [-0.05, 0) is 71.5 Å². The Morgan fingerprint density at radius 1 is 0.826 bits per heavy atom. The molecule has 6 N–H and O–H groups in total. The van der Waals surface area contributed by atoms with E-state index in [9.17, 15) is 39.8 Å². The molecule has 9 nitrogen and oxygen atoms in total. The second-order valence-corrected chi connectivity index (χ2v) is 11.9. The molecule has 2 aliphatic rings. The second kappa shape index (κ2) is 13.3. The molecule has 1 amide bonds. The summed E-state index contributed by atoms with van der Waals surface area (Å²) in [5.74, 6) is -0.998. The number of rotatable bonds is 9. The Balaban J connectivity index is 1.26. The molecule has 4 aromatic carbocycles. The Bertz CT molecular complexity index is 1670. The number of hydrogen-bond donors (Lipinski definition) is 6. The maximum atomic E-state index is 13.5. The van der Waals surface area contributed by atoms with Gasteiger partial charge in [0.05, 0.1) is 24.7 Å². The summed E-state index contributed by atoms with van der Waals surface area (Å²) in [6.07, 6.45) is -6.72. The molecular weight excluding hydrogens is 593 g/mol. The number of aliphatic hydroxyl groups excluding tert-OH is 5. The number of benzene rings is 4. The van der Waals surface area contributed by atoms with E-state index in [-0.39, 0.29) is 18.1 Å². The van der Waals surface area contributed by atoms with Crippen molar-refractivity contribution in [1.82, 2.24) is 0 Å². The Kier molecular flexibility index (Phi) is 9.19. The van der Waals surface area contributed by atoms with Crippen LogP contribution in [0.15, 0.2) is 97.1 Å². The lowest BCUT2D eigenvalue weighted by Gasteiger charge is -2.48. The van der Waals surface area contributed by atoms with Crippen molar-refractivity contribution in [3.05, 3.63) is 120 Å². The zero-order valence-corrected chi connectivity index (χ0v) is 24.8. The van der Waals surface area contributed by atoms with Gasteiger partial charge in [-0.15, -0.1) is 0 Å². The molecule has 2 heterocycles. The highest BCUT2D eigenvalue weighted by Crippen LogP contribution is 2.48. The van der Waals surface area contributed by atoms with Crippen LogP contribution in [-0.4, -0.2) is 67.6 Å². The minimum atomic E-state index is -1.52. The molecule has 8 atom stereocenters. The van der Waals surface area contributed by atoms with Gasteiger partial charge in [0.1, 0.15) is 42.1 Å². The van der Waals surface area contributed by atoms with E-state index in [4.69, 9.17) is 4.74 Å². The average molecular weight is 630 g/mol. The number of ether oxygens (including phenoxy) is 1. The van der Waals surface area contributed by atoms with E-state index >= 15 is 0 Å². The highest BCUT2D eigenvalue weighted by molar-refractivity contribution is 6.03. The number of aliphatic hydroxyl groups is 5. The van der Waals surface area contributed by atoms with Crippen molar-refractivity contribution in [1.29, 1.82) is 0 Å². The number of nitrogens with zero attached hydrogens (tertiary/aromatic N) is 1. The van der Waals surface area contributed by atoms with Crippen molar-refractivity contribution >= 4 is 11.6 Å². The lowest BCUT2D eigenvalue weighted by Crippen LogP contribution is -2.55. The minimum Gasteiger partial charge on any atom is -0.507 e. The van der Waals surface area contributed by atoms with Crippen LogP contribution >= 0.6 is 0 Å². The molecule has 46 heavy (non-hydrogen) atoms. The van der Waals surface area contributed by atoms with Gasteiger partial charge in [0, 0.05) is 11.3 Å². The fraction of sp³-hybridized carbons (Fsp3) is 0.306. The minimum absolute atomic E-state index is 0.0408. The molecule has 0 aliphatic carbocycles. The summed E-state index contributed by atoms with van der Waals surface area (Å²) in [4.78, 5) is 15.1. The predicted octanol–water partition coefficient (Wildman–Crippen LogP) is 3.93. The molecule has 0 aromatic heterocycles. The van der Waals surface area contributed by atoms with Gasteiger partial charge in [0.25, 0.3) is 0 Å². The summed E-state index contributed by atoms with van der Waals surface area (Å²) in [7, 11) is 0. The molecule has 6 rings (SSSR count). The lowest BCUT2D eigenvalue weighted by atomic mass is 9.78. The maximum Gasteiger partial charge on any atom is 0.233 e. The van der Waals surface area contributed by atoms with Crippen molar-refractivity contribution in [3.63, 3.8) is 0 Å². The molecule has 0 radical (unpaired) electrons. The standard InChI is InChI=1S/C36H36FNO8/c37-24-12-9-20(10-13-24)28(40)16-15-27-31(38(36(27)45)25-7-2-1-3-8-25)22-11-14-26(29(41)18-22)21-5-4-6-23(17-21)35-34(44)33(43)32(42)30(19-39)46-35/h1-14,17-18,27-28,30-35,39-44H,15-16,19H2/t27-,28+,30-,31-,32-,33+,34-,35+/m1/s1. The number of carbonyl (C=O) groups excluding carboxylic acids is 1. The molecule has 0 bridgehead atoms. The van der Waals surface area contributed by atoms with Crippen LogP contribution in [0.5, 0.6) is 5.75 Å². The number of β-lactam (4-membered cyclic amide) rings is 1. The summed E-state index contributed by atoms with van der Waals surface area (Å²) in [6, 6.07) is 26.5. The first-order chi connectivity index (χ1) is 22.2. The number of aromatic hydroxyl groups is 1. The van der Waals surface area contributed by atoms with Crippen LogP contribution in [0.1, 0.15) is 47.8 Å². The van der Waals surface area contributed by atoms with Crippen molar-refractivity contribution in [3.8, 4) is 16.9 Å². The zero-order chi connectivity index (χ0) is 32.5. The van der Waals surface area contributed by atoms with Gasteiger partial charge in [-0.1, -0.05) is 60.7 Å². The Labute approximate surface area is 265 Å². The van der Waals surface area contributed by atoms with E-state index < -0.39 is 61.0 Å². The van der Waals surface area contributed by atoms with Crippen LogP contribution in [0, 0.1) is 11.7 Å². The van der Waals surface area contributed by atoms with Gasteiger partial charge in [-0.2, -0.15) is 0 Å². The van der Waals surface area contributed by atoms with Crippen molar-refractivity contribution < 1.29 is 44.6 Å². The number of phenolic OH excluding ortho intramolecular Hbond substituents is 1. The number of halogens is 1. The van der Waals surface area contributed by atoms with E-state index in [0.29, 0.717) is 39.9 Å². The van der Waals surface area contributed by atoms with Crippen LogP contribution < -0.4 is 4.90 Å². The van der Waals surface area contributed by atoms with Crippen LogP contribution in [0.25, 0.3) is 11.1 Å². The summed E-state index contributed by atoms with van der Waals surface area (Å²) < 4.78 is 19.1. The number of carbonyl (C=O) groups is 1. The molecule has 240 valence electrons. The molecule has 0 saturated carbocycles. The normalized spacial score (nSPS) is 26.9. The fourth-order valence-corrected chi connectivity index (χ4v) is 6.51. The van der Waals surface area contributed by atoms with E-state index in [1.165, 1.54) is 24.3 Å². The van der Waals surface area contributed by atoms with E-state index in [0.717, 1.165) is 0 Å². The first-order valence-corrected chi connectivity index (χ1v) is 15.2. The monoisotopic (exact) mass is 629 g/mol. The molecule has 2 fully saturated rings. The highest BCUT2D eigenvalue weighted by Gasteiger charge is 2.49. The van der Waals surface area contributed by atoms with Crippen LogP contribution in [0.2, 0.25) is 0 Å². The predicted molar refractivity (Wildman–Crippen MR) is 167 cm³/mol. The smallest absolute Gasteiger partial charge is 0.233 e. The van der Waals surface area contributed by atoms with Crippen molar-refractivity contribution in [2.24, 2.45) is 5.92 Å². The van der Waals surface area contributed by atoms with Gasteiger partial charge < -0.3 is 40.3 Å². The third-order valence-corrected chi connectivity index (χ3v) is 9.04. The van der Waals surface area contributed by atoms with Crippen molar-refractivity contribution in [2.75, 3.05) is 11.5 Å². The topological polar surface area (TPSA) is 151 Å². The molecule has 0 unspecified atom stereocenters. The van der Waals surface area contributed by atoms with Gasteiger partial charge in [-0.3, -0.25) is 4.79 Å². The molecule has 0 spiro atoms. The molecule has 2 saturated heterocycles. The van der Waals surface area contributed by atoms with Crippen LogP contribution in [0.4, 0.5) is 10.1 Å². The SMILES string of the molecule is O=C1[C@H](CC[C@H](O)c2ccc(F)cc2)[C@@H](c2ccc(-c3cccc([C@@H]4O[C@H](CO)[C@@H](O)[C@H](O)[C@H]4O)c3)c(O)c2)N1c1ccccc1. The zero-order valence-electron chi connectivity index (χ0n) is 24.8. The highest BCUT2D eigenvalue weighted by atomic mass is 19.1. The Morgan fingerprint density at radius 3 is 2.26 bits per heavy atom. The Morgan fingerprint density at radius 2 is 1.57 bits per heavy atom. The maximum absolute atomic E-state index is 13.5. The average Bonchev–Trinajstić information content (AvgIpc) is 3.07. The second-order valence-electron chi connectivity index (χ2n) is 11.9. The van der Waals surface area contributed by atoms with Gasteiger partial charge in [-0.25, -0.2) is 4.39 Å². The summed E-state index contributed by atoms with van der Waals surface area (Å²) >= 11 is 0. The number of anilines is 1. The van der Waals surface area contributed by atoms with Gasteiger partial charge in [0.15, 0.2) is 0 Å². The molecule has 4 aromatic rings. The third kappa shape index (κ3) is 6.03. The van der Waals surface area contributed by atoms with E-state index in [1.54, 1.807) is 41.3 Å². The number of hydrogen-bond acceptors (Lipinski definition) is 8. The van der Waals surface area contributed by atoms with E-state index in [1.807, 2.05) is 36.4 Å². The van der Waals surface area contributed by atoms with Crippen LogP contribution in [0.3, 0.4) is 0 Å². The molecule has 10 heteroatoms. The molecule has 2 aliphatic heterocycles. The largest absolute Gasteiger partial charge is 0.507 e. The van der Waals surface area contributed by atoms with Gasteiger partial charge >= 0.3 is 0 Å². The summed E-state index contributed by atoms with van der Waals surface area (Å²) in [5, 5.41) is 62.6. The lowest BCUT2D eigenvalue weighted by molar-refractivity contribution is -0.231. The fourth-order valence-electron chi connectivity index (χ4n) is 6.51. The van der Waals surface area contributed by atoms with Crippen LogP contribution in [-0.2, 0) is 9.53 Å². The number of phenols is 1. The Hall–Kier alpha value is -4.16. The van der Waals surface area contributed by atoms with E-state index in [2.05, 4.69) is 0 Å². The first kappa shape index (κ1) is 31.8. The molecular formula is C36H36FNO8. The number of para-hydroxylation sites is 1. The summed E-state index contributed by atoms with van der Waals surface area (Å²) in [6.45, 7) is -0.542. The first-order valence-electron chi connectivity index (χ1n) is 15.2. The number of amides is 1. The third-order valence-electron chi connectivity index (χ3n) is 9.04. The van der Waals surface area contributed by atoms with Crippen molar-refractivity contribution in [2.45, 2.75) is 55.5 Å². The summed E-state index contributed by atoms with van der Waals surface area (Å²) in [5.41, 5.74) is 3.55. The quantitative estimate of drug-likeness (QED) is 0.153.